The summed E-state index contributed by atoms with van der Waals surface area (Å²) in [4.78, 5) is 2.33. The first-order valence-corrected chi connectivity index (χ1v) is 6.46. The maximum atomic E-state index is 4.47. The summed E-state index contributed by atoms with van der Waals surface area (Å²) in [6.07, 6.45) is 1.01. The Morgan fingerprint density at radius 3 is 2.71 bits per heavy atom. The van der Waals surface area contributed by atoms with Crippen LogP contribution in [0.2, 0.25) is 0 Å². The fourth-order valence-electron chi connectivity index (χ4n) is 1.79. The van der Waals surface area contributed by atoms with Crippen LogP contribution in [0.15, 0.2) is 6.07 Å². The summed E-state index contributed by atoms with van der Waals surface area (Å²) in [5, 5.41) is 7.89. The summed E-state index contributed by atoms with van der Waals surface area (Å²) in [5.41, 5.74) is 2.46. The molecule has 0 saturated heterocycles. The van der Waals surface area contributed by atoms with Crippen LogP contribution >= 0.6 is 0 Å². The lowest BCUT2D eigenvalue weighted by atomic mass is 10.3. The van der Waals surface area contributed by atoms with Crippen LogP contribution in [-0.2, 0) is 20.0 Å². The number of hydrogen-bond acceptors (Lipinski definition) is 3. The van der Waals surface area contributed by atoms with E-state index in [1.165, 1.54) is 11.4 Å². The molecule has 0 aliphatic rings. The molecule has 0 amide bonds. The van der Waals surface area contributed by atoms with Crippen LogP contribution < -0.4 is 5.32 Å². The van der Waals surface area contributed by atoms with Crippen molar-refractivity contribution in [2.24, 2.45) is 7.05 Å². The van der Waals surface area contributed by atoms with Gasteiger partial charge in [-0.25, -0.2) is 0 Å². The minimum Gasteiger partial charge on any atom is -0.313 e. The third-order valence-electron chi connectivity index (χ3n) is 2.87. The van der Waals surface area contributed by atoms with Crippen molar-refractivity contribution in [3.05, 3.63) is 17.5 Å². The predicted octanol–water partition coefficient (Wildman–Crippen LogP) is 1.41. The summed E-state index contributed by atoms with van der Waals surface area (Å²) < 4.78 is 1.99. The van der Waals surface area contributed by atoms with Gasteiger partial charge in [0.1, 0.15) is 0 Å². The zero-order valence-electron chi connectivity index (χ0n) is 11.8. The van der Waals surface area contributed by atoms with E-state index >= 15 is 0 Å². The molecule has 4 nitrogen and oxygen atoms in total. The second-order valence-electron chi connectivity index (χ2n) is 4.95. The lowest BCUT2D eigenvalue weighted by molar-refractivity contribution is 0.311. The van der Waals surface area contributed by atoms with E-state index in [2.05, 4.69) is 49.2 Å². The van der Waals surface area contributed by atoms with E-state index in [1.807, 2.05) is 11.7 Å². The quantitative estimate of drug-likeness (QED) is 0.780. The zero-order valence-corrected chi connectivity index (χ0v) is 11.8. The molecule has 1 aromatic rings. The molecule has 4 heteroatoms. The Balaban J connectivity index is 2.39. The monoisotopic (exact) mass is 238 g/mol. The topological polar surface area (TPSA) is 33.1 Å². The second-order valence-corrected chi connectivity index (χ2v) is 4.95. The van der Waals surface area contributed by atoms with Gasteiger partial charge in [0.2, 0.25) is 0 Å². The van der Waals surface area contributed by atoms with E-state index in [1.54, 1.807) is 0 Å². The van der Waals surface area contributed by atoms with Crippen molar-refractivity contribution in [2.75, 3.05) is 20.1 Å². The molecule has 0 aromatic carbocycles. The number of rotatable bonds is 7. The molecule has 1 N–H and O–H groups in total. The molecule has 0 aliphatic heterocycles. The smallest absolute Gasteiger partial charge is 0.0625 e. The van der Waals surface area contributed by atoms with Gasteiger partial charge in [0.05, 0.1) is 11.4 Å². The van der Waals surface area contributed by atoms with Gasteiger partial charge in [-0.1, -0.05) is 20.8 Å². The van der Waals surface area contributed by atoms with Gasteiger partial charge in [-0.15, -0.1) is 0 Å². The van der Waals surface area contributed by atoms with Gasteiger partial charge in [0.15, 0.2) is 0 Å². The van der Waals surface area contributed by atoms with E-state index in [9.17, 15) is 0 Å². The molecule has 1 aromatic heterocycles. The molecule has 1 heterocycles. The molecule has 0 unspecified atom stereocenters. The molecule has 98 valence electrons. The van der Waals surface area contributed by atoms with Crippen molar-refractivity contribution in [3.8, 4) is 0 Å². The van der Waals surface area contributed by atoms with Gasteiger partial charge >= 0.3 is 0 Å². The Morgan fingerprint density at radius 1 is 1.47 bits per heavy atom. The van der Waals surface area contributed by atoms with Crippen molar-refractivity contribution < 1.29 is 0 Å². The summed E-state index contributed by atoms with van der Waals surface area (Å²) in [5.74, 6) is 0. The average Bonchev–Trinajstić information content (AvgIpc) is 2.59. The molecule has 0 aliphatic carbocycles. The largest absolute Gasteiger partial charge is 0.313 e. The first-order chi connectivity index (χ1) is 8.02. The number of nitrogens with zero attached hydrogens (tertiary/aromatic N) is 3. The van der Waals surface area contributed by atoms with Crippen LogP contribution in [0.4, 0.5) is 0 Å². The Hall–Kier alpha value is -0.870. The van der Waals surface area contributed by atoms with E-state index in [0.29, 0.717) is 6.04 Å². The maximum absolute atomic E-state index is 4.47. The molecule has 0 saturated carbocycles. The summed E-state index contributed by atoms with van der Waals surface area (Å²) in [7, 11) is 4.18. The van der Waals surface area contributed by atoms with Crippen LogP contribution in [0, 0.1) is 0 Å². The Bertz CT molecular complexity index is 330. The minimum absolute atomic E-state index is 0.562. The molecular weight excluding hydrogens is 212 g/mol. The fourth-order valence-corrected chi connectivity index (χ4v) is 1.79. The molecular formula is C13H26N4. The van der Waals surface area contributed by atoms with Crippen molar-refractivity contribution in [1.82, 2.24) is 20.0 Å². The summed E-state index contributed by atoms with van der Waals surface area (Å²) in [6.45, 7) is 9.55. The van der Waals surface area contributed by atoms with Crippen molar-refractivity contribution in [2.45, 2.75) is 39.8 Å². The Labute approximate surface area is 105 Å². The van der Waals surface area contributed by atoms with Crippen LogP contribution in [0.25, 0.3) is 0 Å². The van der Waals surface area contributed by atoms with Crippen LogP contribution in [0.1, 0.15) is 32.2 Å². The first-order valence-electron chi connectivity index (χ1n) is 6.46. The van der Waals surface area contributed by atoms with Crippen molar-refractivity contribution in [1.29, 1.82) is 0 Å². The molecule has 0 atom stereocenters. The minimum atomic E-state index is 0.562. The highest BCUT2D eigenvalue weighted by molar-refractivity contribution is 5.09. The van der Waals surface area contributed by atoms with Gasteiger partial charge in [0, 0.05) is 32.7 Å². The molecule has 0 bridgehead atoms. The van der Waals surface area contributed by atoms with Crippen molar-refractivity contribution >= 4 is 0 Å². The first kappa shape index (κ1) is 14.2. The third-order valence-corrected chi connectivity index (χ3v) is 2.87. The Morgan fingerprint density at radius 2 is 2.18 bits per heavy atom. The highest BCUT2D eigenvalue weighted by Crippen LogP contribution is 2.06. The molecule has 0 fully saturated rings. The lowest BCUT2D eigenvalue weighted by Crippen LogP contribution is -2.32. The molecule has 0 spiro atoms. The van der Waals surface area contributed by atoms with E-state index < -0.39 is 0 Å². The molecule has 1 rings (SSSR count). The number of aromatic nitrogens is 2. The molecule has 0 radical (unpaired) electrons. The van der Waals surface area contributed by atoms with Crippen LogP contribution in [0.3, 0.4) is 0 Å². The SMILES string of the molecule is CCc1cc(CN(C)CCNC(C)C)n(C)n1. The van der Waals surface area contributed by atoms with Gasteiger partial charge < -0.3 is 5.32 Å². The number of hydrogen-bond donors (Lipinski definition) is 1. The fraction of sp³-hybridized carbons (Fsp3) is 0.769. The maximum Gasteiger partial charge on any atom is 0.0625 e. The van der Waals surface area contributed by atoms with Crippen molar-refractivity contribution in [3.63, 3.8) is 0 Å². The highest BCUT2D eigenvalue weighted by Gasteiger charge is 2.06. The third kappa shape index (κ3) is 4.88. The summed E-state index contributed by atoms with van der Waals surface area (Å²) >= 11 is 0. The predicted molar refractivity (Wildman–Crippen MR) is 72.1 cm³/mol. The lowest BCUT2D eigenvalue weighted by Gasteiger charge is -2.17. The zero-order chi connectivity index (χ0) is 12.8. The number of nitrogens with one attached hydrogen (secondary N) is 1. The van der Waals surface area contributed by atoms with Gasteiger partial charge in [-0.2, -0.15) is 5.10 Å². The summed E-state index contributed by atoms with van der Waals surface area (Å²) in [6, 6.07) is 2.76. The standard InChI is InChI=1S/C13H26N4/c1-6-12-9-13(17(5)15-12)10-16(4)8-7-14-11(2)3/h9,11,14H,6-8,10H2,1-5H3. The number of aryl methyl sites for hydroxylation is 2. The highest BCUT2D eigenvalue weighted by atomic mass is 15.3. The number of likely N-dealkylation sites (N-methyl/N-ethyl adjacent to an activating group) is 1. The molecule has 17 heavy (non-hydrogen) atoms. The second kappa shape index (κ2) is 6.77. The van der Waals surface area contributed by atoms with Gasteiger partial charge in [0.25, 0.3) is 0 Å². The average molecular weight is 238 g/mol. The van der Waals surface area contributed by atoms with Crippen LogP contribution in [0.5, 0.6) is 0 Å². The van der Waals surface area contributed by atoms with E-state index in [4.69, 9.17) is 0 Å². The van der Waals surface area contributed by atoms with E-state index in [-0.39, 0.29) is 0 Å². The van der Waals surface area contributed by atoms with Gasteiger partial charge in [-0.05, 0) is 19.5 Å². The normalized spacial score (nSPS) is 11.7. The Kier molecular flexibility index (Phi) is 5.65. The van der Waals surface area contributed by atoms with Gasteiger partial charge in [-0.3, -0.25) is 9.58 Å². The van der Waals surface area contributed by atoms with E-state index in [0.717, 1.165) is 26.1 Å². The van der Waals surface area contributed by atoms with Crippen LogP contribution in [-0.4, -0.2) is 40.9 Å².